The van der Waals surface area contributed by atoms with Gasteiger partial charge in [0, 0.05) is 29.5 Å². The summed E-state index contributed by atoms with van der Waals surface area (Å²) in [6.45, 7) is 13.5. The van der Waals surface area contributed by atoms with Crippen molar-refractivity contribution in [2.75, 3.05) is 12.3 Å². The van der Waals surface area contributed by atoms with E-state index >= 15 is 0 Å². The second-order valence-electron chi connectivity index (χ2n) is 7.72. The average Bonchev–Trinajstić information content (AvgIpc) is 2.79. The molecule has 1 heterocycles. The van der Waals surface area contributed by atoms with Crippen LogP contribution in [0.4, 0.5) is 11.4 Å². The van der Waals surface area contributed by atoms with Crippen LogP contribution < -0.4 is 0 Å². The van der Waals surface area contributed by atoms with Crippen molar-refractivity contribution in [3.05, 3.63) is 33.4 Å². The Labute approximate surface area is 155 Å². The van der Waals surface area contributed by atoms with Gasteiger partial charge < -0.3 is 4.90 Å². The van der Waals surface area contributed by atoms with Crippen LogP contribution >= 0.6 is 11.8 Å². The summed E-state index contributed by atoms with van der Waals surface area (Å²) in [5.41, 5.74) is 2.34. The lowest BCUT2D eigenvalue weighted by Crippen LogP contribution is -2.37. The van der Waals surface area contributed by atoms with Gasteiger partial charge in [-0.3, -0.25) is 10.1 Å². The Morgan fingerprint density at radius 1 is 1.24 bits per heavy atom. The topological polar surface area (TPSA) is 58.7 Å². The maximum absolute atomic E-state index is 11.2. The highest BCUT2D eigenvalue weighted by atomic mass is 32.2. The fourth-order valence-corrected chi connectivity index (χ4v) is 4.57. The molecule has 1 atom stereocenters. The third-order valence-electron chi connectivity index (χ3n) is 4.28. The highest BCUT2D eigenvalue weighted by Crippen LogP contribution is 2.33. The van der Waals surface area contributed by atoms with Crippen molar-refractivity contribution >= 4 is 28.3 Å². The van der Waals surface area contributed by atoms with Crippen LogP contribution in [0.2, 0.25) is 0 Å². The lowest BCUT2D eigenvalue weighted by atomic mass is 10.0. The van der Waals surface area contributed by atoms with E-state index < -0.39 is 0 Å². The van der Waals surface area contributed by atoms with Crippen LogP contribution in [-0.4, -0.2) is 33.3 Å². The van der Waals surface area contributed by atoms with Crippen molar-refractivity contribution in [2.45, 2.75) is 54.0 Å². The molecule has 25 heavy (non-hydrogen) atoms. The fourth-order valence-electron chi connectivity index (χ4n) is 3.35. The Morgan fingerprint density at radius 2 is 1.84 bits per heavy atom. The van der Waals surface area contributed by atoms with Crippen molar-refractivity contribution in [3.8, 4) is 0 Å². The maximum atomic E-state index is 11.2. The molecule has 1 aliphatic rings. The first kappa shape index (κ1) is 19.8. The molecule has 0 aliphatic carbocycles. The normalized spacial score (nSPS) is 19.4. The molecule has 0 bridgehead atoms. The molecule has 2 rings (SSSR count). The van der Waals surface area contributed by atoms with Crippen LogP contribution in [0.1, 0.15) is 45.2 Å². The number of nitrogens with zero attached hydrogens (tertiary/aromatic N) is 3. The first-order valence-electron chi connectivity index (χ1n) is 8.92. The van der Waals surface area contributed by atoms with Gasteiger partial charge in [0.15, 0.2) is 5.17 Å². The Bertz CT molecular complexity index is 648. The molecule has 0 amide bonds. The number of benzene rings is 1. The van der Waals surface area contributed by atoms with E-state index in [9.17, 15) is 10.1 Å². The van der Waals surface area contributed by atoms with Gasteiger partial charge in [-0.1, -0.05) is 39.5 Å². The number of hydrogen-bond donors (Lipinski definition) is 0. The molecule has 6 heteroatoms. The van der Waals surface area contributed by atoms with Gasteiger partial charge in [0.1, 0.15) is 0 Å². The SMILES string of the molecule is Cc1cc(N=C2SC[C@H](CC(C)C)N2CC(C)C)cc(C)c1[N+](=O)[O-]. The van der Waals surface area contributed by atoms with E-state index in [0.717, 1.165) is 29.6 Å². The summed E-state index contributed by atoms with van der Waals surface area (Å²) in [5.74, 6) is 2.29. The number of hydrogen-bond acceptors (Lipinski definition) is 4. The van der Waals surface area contributed by atoms with Crippen LogP contribution in [0.15, 0.2) is 17.1 Å². The second-order valence-corrected chi connectivity index (χ2v) is 8.71. The Morgan fingerprint density at radius 3 is 2.32 bits per heavy atom. The minimum absolute atomic E-state index is 0.194. The number of nitro benzene ring substituents is 1. The van der Waals surface area contributed by atoms with Crippen LogP contribution in [0.3, 0.4) is 0 Å². The molecule has 0 aromatic heterocycles. The van der Waals surface area contributed by atoms with Gasteiger partial charge in [-0.15, -0.1) is 0 Å². The van der Waals surface area contributed by atoms with Crippen molar-refractivity contribution in [2.24, 2.45) is 16.8 Å². The zero-order valence-corrected chi connectivity index (χ0v) is 16.9. The number of amidine groups is 1. The zero-order valence-electron chi connectivity index (χ0n) is 16.1. The molecule has 5 nitrogen and oxygen atoms in total. The standard InChI is InChI=1S/C19H29N3O2S/c1-12(2)7-17-11-25-19(21(17)10-13(3)4)20-16-8-14(5)18(22(23)24)15(6)9-16/h8-9,12-13,17H,7,10-11H2,1-6H3/t17-/m0/s1. The van der Waals surface area contributed by atoms with E-state index in [1.807, 2.05) is 12.1 Å². The largest absolute Gasteiger partial charge is 0.347 e. The van der Waals surface area contributed by atoms with Gasteiger partial charge in [0.2, 0.25) is 0 Å². The third kappa shape index (κ3) is 4.97. The Kier molecular flexibility index (Phi) is 6.49. The molecule has 0 N–H and O–H groups in total. The zero-order chi connectivity index (χ0) is 18.7. The number of rotatable bonds is 6. The summed E-state index contributed by atoms with van der Waals surface area (Å²) in [7, 11) is 0. The van der Waals surface area contributed by atoms with Crippen molar-refractivity contribution < 1.29 is 4.92 Å². The number of thioether (sulfide) groups is 1. The van der Waals surface area contributed by atoms with E-state index in [0.29, 0.717) is 29.0 Å². The summed E-state index contributed by atoms with van der Waals surface area (Å²) in [4.78, 5) is 18.2. The Balaban J connectivity index is 2.33. The van der Waals surface area contributed by atoms with E-state index in [1.54, 1.807) is 25.6 Å². The molecule has 1 aromatic rings. The highest BCUT2D eigenvalue weighted by Gasteiger charge is 2.31. The lowest BCUT2D eigenvalue weighted by Gasteiger charge is -2.28. The van der Waals surface area contributed by atoms with Gasteiger partial charge >= 0.3 is 0 Å². The average molecular weight is 364 g/mol. The lowest BCUT2D eigenvalue weighted by molar-refractivity contribution is -0.386. The highest BCUT2D eigenvalue weighted by molar-refractivity contribution is 8.14. The molecule has 0 radical (unpaired) electrons. The fraction of sp³-hybridized carbons (Fsp3) is 0.632. The quantitative estimate of drug-likeness (QED) is 0.507. The van der Waals surface area contributed by atoms with Crippen LogP contribution in [0.5, 0.6) is 0 Å². The van der Waals surface area contributed by atoms with E-state index in [2.05, 4.69) is 32.6 Å². The predicted octanol–water partition coefficient (Wildman–Crippen LogP) is 5.32. The number of aliphatic imine (C=N–C) groups is 1. The molecule has 1 saturated heterocycles. The van der Waals surface area contributed by atoms with Gasteiger partial charge in [0.25, 0.3) is 5.69 Å². The molecular weight excluding hydrogens is 334 g/mol. The molecule has 0 saturated carbocycles. The second kappa shape index (κ2) is 8.21. The maximum Gasteiger partial charge on any atom is 0.275 e. The smallest absolute Gasteiger partial charge is 0.275 e. The summed E-state index contributed by atoms with van der Waals surface area (Å²) in [6, 6.07) is 4.16. The van der Waals surface area contributed by atoms with Gasteiger partial charge in [-0.25, -0.2) is 4.99 Å². The summed E-state index contributed by atoms with van der Waals surface area (Å²) in [5, 5.41) is 12.2. The number of aryl methyl sites for hydroxylation is 2. The molecular formula is C19H29N3O2S. The minimum Gasteiger partial charge on any atom is -0.347 e. The first-order valence-corrected chi connectivity index (χ1v) is 9.91. The molecule has 138 valence electrons. The van der Waals surface area contributed by atoms with Crippen LogP contribution in [0, 0.1) is 35.8 Å². The van der Waals surface area contributed by atoms with E-state index in [4.69, 9.17) is 4.99 Å². The van der Waals surface area contributed by atoms with Crippen LogP contribution in [-0.2, 0) is 0 Å². The van der Waals surface area contributed by atoms with E-state index in [-0.39, 0.29) is 10.6 Å². The monoisotopic (exact) mass is 363 g/mol. The first-order chi connectivity index (χ1) is 11.7. The minimum atomic E-state index is -0.310. The van der Waals surface area contributed by atoms with Crippen molar-refractivity contribution in [1.82, 2.24) is 4.90 Å². The van der Waals surface area contributed by atoms with Gasteiger partial charge in [-0.05, 0) is 44.2 Å². The summed E-state index contributed by atoms with van der Waals surface area (Å²) < 4.78 is 0. The molecule has 1 fully saturated rings. The molecule has 0 spiro atoms. The molecule has 1 aliphatic heterocycles. The molecule has 1 aromatic carbocycles. The Hall–Kier alpha value is -1.56. The van der Waals surface area contributed by atoms with Crippen LogP contribution in [0.25, 0.3) is 0 Å². The van der Waals surface area contributed by atoms with Gasteiger partial charge in [-0.2, -0.15) is 0 Å². The summed E-state index contributed by atoms with van der Waals surface area (Å²) >= 11 is 1.80. The summed E-state index contributed by atoms with van der Waals surface area (Å²) in [6.07, 6.45) is 1.16. The van der Waals surface area contributed by atoms with Crippen molar-refractivity contribution in [1.29, 1.82) is 0 Å². The molecule has 0 unspecified atom stereocenters. The predicted molar refractivity (Wildman–Crippen MR) is 107 cm³/mol. The van der Waals surface area contributed by atoms with Crippen molar-refractivity contribution in [3.63, 3.8) is 0 Å². The third-order valence-corrected chi connectivity index (χ3v) is 5.42. The number of nitro groups is 1. The van der Waals surface area contributed by atoms with Gasteiger partial charge in [0.05, 0.1) is 10.6 Å². The van der Waals surface area contributed by atoms with E-state index in [1.165, 1.54) is 0 Å².